The van der Waals surface area contributed by atoms with Gasteiger partial charge in [-0.25, -0.2) is 4.98 Å². The van der Waals surface area contributed by atoms with Gasteiger partial charge in [0.1, 0.15) is 11.2 Å². The van der Waals surface area contributed by atoms with E-state index in [0.29, 0.717) is 22.7 Å². The Kier molecular flexibility index (Phi) is 5.47. The number of benzene rings is 1. The smallest absolute Gasteiger partial charge is 0.275 e. The molecule has 4 aromatic rings. The molecule has 1 fully saturated rings. The number of aromatic nitrogens is 3. The van der Waals surface area contributed by atoms with Gasteiger partial charge in [0.2, 0.25) is 0 Å². The van der Waals surface area contributed by atoms with E-state index >= 15 is 0 Å². The minimum absolute atomic E-state index is 0.0409. The Balaban J connectivity index is 0.000000932. The standard InChI is InChI=1S/C20H15ClIN3O.C2H6/c21-14-7-15-17-16(22)10-25(20(26)18(17)24-19(15)23-8-14)9-11-1-3-12(4-2-11)13-5-6-13;1-2/h1-4,7-8,10,13H,5-6,9H2,(H,23,24);1-2H3. The van der Waals surface area contributed by atoms with Crippen LogP contribution in [0.4, 0.5) is 0 Å². The van der Waals surface area contributed by atoms with Crippen molar-refractivity contribution < 1.29 is 0 Å². The van der Waals surface area contributed by atoms with Crippen molar-refractivity contribution >= 4 is 56.1 Å². The highest BCUT2D eigenvalue weighted by Crippen LogP contribution is 2.39. The van der Waals surface area contributed by atoms with Crippen molar-refractivity contribution in [1.82, 2.24) is 14.5 Å². The summed E-state index contributed by atoms with van der Waals surface area (Å²) in [6.45, 7) is 4.55. The van der Waals surface area contributed by atoms with Gasteiger partial charge in [0, 0.05) is 26.7 Å². The van der Waals surface area contributed by atoms with Crippen LogP contribution in [0, 0.1) is 3.57 Å². The predicted molar refractivity (Wildman–Crippen MR) is 124 cm³/mol. The fourth-order valence-electron chi connectivity index (χ4n) is 3.48. The molecule has 6 heteroatoms. The van der Waals surface area contributed by atoms with Crippen molar-refractivity contribution in [2.75, 3.05) is 0 Å². The van der Waals surface area contributed by atoms with Crippen LogP contribution >= 0.6 is 34.2 Å². The molecule has 1 N–H and O–H groups in total. The number of hydrogen-bond acceptors (Lipinski definition) is 2. The Bertz CT molecular complexity index is 1210. The van der Waals surface area contributed by atoms with Gasteiger partial charge >= 0.3 is 0 Å². The average molecular weight is 506 g/mol. The number of aromatic amines is 1. The molecule has 3 heterocycles. The highest BCUT2D eigenvalue weighted by molar-refractivity contribution is 14.1. The lowest BCUT2D eigenvalue weighted by Crippen LogP contribution is -2.21. The normalized spacial score (nSPS) is 13.6. The van der Waals surface area contributed by atoms with Crippen molar-refractivity contribution in [3.8, 4) is 0 Å². The van der Waals surface area contributed by atoms with Crippen molar-refractivity contribution in [2.45, 2.75) is 39.2 Å². The van der Waals surface area contributed by atoms with E-state index in [1.54, 1.807) is 10.8 Å². The summed E-state index contributed by atoms with van der Waals surface area (Å²) in [5.74, 6) is 0.745. The molecule has 144 valence electrons. The summed E-state index contributed by atoms with van der Waals surface area (Å²) in [6, 6.07) is 10.5. The van der Waals surface area contributed by atoms with E-state index in [9.17, 15) is 4.79 Å². The molecule has 1 aromatic carbocycles. The Labute approximate surface area is 182 Å². The van der Waals surface area contributed by atoms with Crippen LogP contribution < -0.4 is 5.56 Å². The second-order valence-corrected chi connectivity index (χ2v) is 8.45. The summed E-state index contributed by atoms with van der Waals surface area (Å²) in [6.07, 6.45) is 6.10. The van der Waals surface area contributed by atoms with Crippen LogP contribution in [-0.4, -0.2) is 14.5 Å². The zero-order valence-corrected chi connectivity index (χ0v) is 18.7. The van der Waals surface area contributed by atoms with Gasteiger partial charge in [0.05, 0.1) is 11.6 Å². The number of hydrogen-bond donors (Lipinski definition) is 1. The monoisotopic (exact) mass is 505 g/mol. The van der Waals surface area contributed by atoms with Crippen LogP contribution in [-0.2, 0) is 6.54 Å². The molecule has 0 saturated heterocycles. The number of fused-ring (bicyclic) bond motifs is 3. The second kappa shape index (κ2) is 7.87. The van der Waals surface area contributed by atoms with E-state index in [1.807, 2.05) is 26.1 Å². The molecule has 5 rings (SSSR count). The molecular weight excluding hydrogens is 485 g/mol. The molecule has 1 saturated carbocycles. The van der Waals surface area contributed by atoms with Gasteiger partial charge in [0.15, 0.2) is 0 Å². The van der Waals surface area contributed by atoms with Gasteiger partial charge in [-0.05, 0) is 58.5 Å². The third-order valence-corrected chi connectivity index (χ3v) is 6.01. The first-order chi connectivity index (χ1) is 13.6. The molecule has 0 amide bonds. The first-order valence-electron chi connectivity index (χ1n) is 9.55. The number of pyridine rings is 2. The van der Waals surface area contributed by atoms with Gasteiger partial charge in [-0.3, -0.25) is 4.79 Å². The van der Waals surface area contributed by atoms with Crippen molar-refractivity contribution in [2.24, 2.45) is 0 Å². The van der Waals surface area contributed by atoms with Gasteiger partial charge < -0.3 is 9.55 Å². The lowest BCUT2D eigenvalue weighted by molar-refractivity contribution is 0.763. The van der Waals surface area contributed by atoms with E-state index in [0.717, 1.165) is 25.8 Å². The van der Waals surface area contributed by atoms with Crippen LogP contribution in [0.15, 0.2) is 47.5 Å². The molecule has 4 nitrogen and oxygen atoms in total. The first kappa shape index (κ1) is 19.5. The molecule has 3 aromatic heterocycles. The molecule has 0 spiro atoms. The minimum atomic E-state index is -0.0409. The number of H-pyrrole nitrogens is 1. The quantitative estimate of drug-likeness (QED) is 0.343. The maximum absolute atomic E-state index is 13.0. The predicted octanol–water partition coefficient (Wildman–Crippen LogP) is 6.09. The van der Waals surface area contributed by atoms with Crippen molar-refractivity contribution in [3.63, 3.8) is 0 Å². The van der Waals surface area contributed by atoms with Gasteiger partial charge in [-0.15, -0.1) is 0 Å². The van der Waals surface area contributed by atoms with E-state index in [-0.39, 0.29) is 5.56 Å². The lowest BCUT2D eigenvalue weighted by Gasteiger charge is -2.08. The zero-order chi connectivity index (χ0) is 19.8. The minimum Gasteiger partial charge on any atom is -0.335 e. The largest absolute Gasteiger partial charge is 0.335 e. The number of halogens is 2. The van der Waals surface area contributed by atoms with E-state index in [2.05, 4.69) is 56.8 Å². The highest BCUT2D eigenvalue weighted by Gasteiger charge is 2.23. The Morgan fingerprint density at radius 1 is 1.25 bits per heavy atom. The van der Waals surface area contributed by atoms with Crippen LogP contribution in [0.2, 0.25) is 5.02 Å². The molecule has 0 bridgehead atoms. The third kappa shape index (κ3) is 3.57. The average Bonchev–Trinajstić information content (AvgIpc) is 3.48. The topological polar surface area (TPSA) is 50.7 Å². The molecule has 0 atom stereocenters. The summed E-state index contributed by atoms with van der Waals surface area (Å²) >= 11 is 8.36. The summed E-state index contributed by atoms with van der Waals surface area (Å²) < 4.78 is 2.76. The SMILES string of the molecule is CC.O=c1c2[nH]c3ncc(Cl)cc3c2c(I)cn1Cc1ccc(C2CC2)cc1. The van der Waals surface area contributed by atoms with Crippen molar-refractivity contribution in [3.05, 3.63) is 72.8 Å². The van der Waals surface area contributed by atoms with Gasteiger partial charge in [0.25, 0.3) is 5.56 Å². The van der Waals surface area contributed by atoms with Crippen LogP contribution in [0.5, 0.6) is 0 Å². The molecule has 1 aliphatic rings. The molecule has 0 aliphatic heterocycles. The van der Waals surface area contributed by atoms with Gasteiger partial charge in [-0.2, -0.15) is 0 Å². The molecule has 0 radical (unpaired) electrons. The molecule has 28 heavy (non-hydrogen) atoms. The highest BCUT2D eigenvalue weighted by atomic mass is 127. The molecular formula is C22H21ClIN3O. The summed E-state index contributed by atoms with van der Waals surface area (Å²) in [5.41, 5.74) is 3.76. The number of nitrogens with zero attached hydrogens (tertiary/aromatic N) is 2. The summed E-state index contributed by atoms with van der Waals surface area (Å²) in [7, 11) is 0. The first-order valence-corrected chi connectivity index (χ1v) is 11.0. The molecule has 0 unspecified atom stereocenters. The van der Waals surface area contributed by atoms with Crippen LogP contribution in [0.3, 0.4) is 0 Å². The summed E-state index contributed by atoms with van der Waals surface area (Å²) in [5, 5.41) is 2.34. The Morgan fingerprint density at radius 3 is 2.64 bits per heavy atom. The third-order valence-electron chi connectivity index (χ3n) is 4.98. The van der Waals surface area contributed by atoms with E-state index in [1.165, 1.54) is 18.4 Å². The second-order valence-electron chi connectivity index (χ2n) is 6.85. The maximum atomic E-state index is 13.0. The Hall–Kier alpha value is -1.86. The van der Waals surface area contributed by atoms with Crippen LogP contribution in [0.1, 0.15) is 43.7 Å². The number of nitrogens with one attached hydrogen (secondary N) is 1. The molecule has 1 aliphatic carbocycles. The fraction of sp³-hybridized carbons (Fsp3) is 0.273. The Morgan fingerprint density at radius 2 is 1.96 bits per heavy atom. The van der Waals surface area contributed by atoms with Crippen LogP contribution in [0.25, 0.3) is 21.9 Å². The fourth-order valence-corrected chi connectivity index (χ4v) is 4.54. The zero-order valence-electron chi connectivity index (χ0n) is 15.8. The van der Waals surface area contributed by atoms with E-state index in [4.69, 9.17) is 11.6 Å². The van der Waals surface area contributed by atoms with E-state index < -0.39 is 0 Å². The van der Waals surface area contributed by atoms with Gasteiger partial charge in [-0.1, -0.05) is 49.7 Å². The lowest BCUT2D eigenvalue weighted by atomic mass is 10.1. The number of rotatable bonds is 3. The summed E-state index contributed by atoms with van der Waals surface area (Å²) in [4.78, 5) is 20.5. The maximum Gasteiger partial charge on any atom is 0.275 e. The van der Waals surface area contributed by atoms with Crippen molar-refractivity contribution in [1.29, 1.82) is 0 Å².